The average Bonchev–Trinajstić information content (AvgIpc) is 2.24. The van der Waals surface area contributed by atoms with Crippen molar-refractivity contribution in [3.8, 4) is 0 Å². The molecule has 0 aliphatic heterocycles. The lowest BCUT2D eigenvalue weighted by atomic mass is 10.1. The number of likely N-dealkylation sites (N-methyl/N-ethyl adjacent to an activating group) is 1. The molecule has 0 saturated carbocycles. The summed E-state index contributed by atoms with van der Waals surface area (Å²) in [7, 11) is 1.46. The Morgan fingerprint density at radius 3 is 2.41 bits per heavy atom. The van der Waals surface area contributed by atoms with E-state index in [1.807, 2.05) is 6.92 Å². The number of carbonyl (C=O) groups is 2. The van der Waals surface area contributed by atoms with Gasteiger partial charge in [0.2, 0.25) is 0 Å². The lowest BCUT2D eigenvalue weighted by Crippen LogP contribution is -2.40. The van der Waals surface area contributed by atoms with Crippen molar-refractivity contribution in [2.75, 3.05) is 7.05 Å². The first-order valence-electron chi connectivity index (χ1n) is 5.10. The van der Waals surface area contributed by atoms with Gasteiger partial charge in [0, 0.05) is 17.6 Å². The van der Waals surface area contributed by atoms with Crippen molar-refractivity contribution in [3.05, 3.63) is 34.3 Å². The van der Waals surface area contributed by atoms with E-state index in [2.05, 4.69) is 0 Å². The van der Waals surface area contributed by atoms with Gasteiger partial charge in [-0.25, -0.2) is 4.79 Å². The molecule has 0 aliphatic carbocycles. The Hall–Kier alpha value is -1.55. The van der Waals surface area contributed by atoms with Crippen LogP contribution in [0.3, 0.4) is 0 Å². The third kappa shape index (κ3) is 3.20. The number of hydrogen-bond acceptors (Lipinski definition) is 2. The van der Waals surface area contributed by atoms with Crippen molar-refractivity contribution in [2.24, 2.45) is 0 Å². The third-order valence-corrected chi connectivity index (χ3v) is 2.77. The minimum Gasteiger partial charge on any atom is -0.480 e. The summed E-state index contributed by atoms with van der Waals surface area (Å²) in [6.45, 7) is 3.28. The Morgan fingerprint density at radius 1 is 1.35 bits per heavy atom. The van der Waals surface area contributed by atoms with Crippen molar-refractivity contribution >= 4 is 23.5 Å². The van der Waals surface area contributed by atoms with Crippen molar-refractivity contribution in [1.82, 2.24) is 4.90 Å². The van der Waals surface area contributed by atoms with Crippen LogP contribution in [0, 0.1) is 6.92 Å². The SMILES string of the molecule is Cc1cc(Cl)cc(C(=O)N(C)C(C)C(=O)O)c1. The smallest absolute Gasteiger partial charge is 0.326 e. The van der Waals surface area contributed by atoms with Crippen LogP contribution in [-0.2, 0) is 4.79 Å². The summed E-state index contributed by atoms with van der Waals surface area (Å²) in [5, 5.41) is 9.30. The molecule has 1 atom stereocenters. The summed E-state index contributed by atoms with van der Waals surface area (Å²) in [6.07, 6.45) is 0. The molecular formula is C12H14ClNO3. The highest BCUT2D eigenvalue weighted by atomic mass is 35.5. The second-order valence-corrected chi connectivity index (χ2v) is 4.38. The number of halogens is 1. The van der Waals surface area contributed by atoms with Crippen LogP contribution in [0.5, 0.6) is 0 Å². The van der Waals surface area contributed by atoms with Crippen LogP contribution in [0.25, 0.3) is 0 Å². The van der Waals surface area contributed by atoms with Gasteiger partial charge in [0.15, 0.2) is 0 Å². The fourth-order valence-electron chi connectivity index (χ4n) is 1.40. The number of aliphatic carboxylic acids is 1. The van der Waals surface area contributed by atoms with Gasteiger partial charge in [-0.3, -0.25) is 4.79 Å². The van der Waals surface area contributed by atoms with Crippen LogP contribution >= 0.6 is 11.6 Å². The quantitative estimate of drug-likeness (QED) is 0.901. The van der Waals surface area contributed by atoms with Gasteiger partial charge in [0.1, 0.15) is 6.04 Å². The molecule has 0 aliphatic rings. The second-order valence-electron chi connectivity index (χ2n) is 3.95. The first-order valence-corrected chi connectivity index (χ1v) is 5.48. The van der Waals surface area contributed by atoms with E-state index >= 15 is 0 Å². The van der Waals surface area contributed by atoms with Gasteiger partial charge in [-0.1, -0.05) is 11.6 Å². The van der Waals surface area contributed by atoms with E-state index in [4.69, 9.17) is 16.7 Å². The molecule has 4 nitrogen and oxygen atoms in total. The van der Waals surface area contributed by atoms with E-state index in [-0.39, 0.29) is 5.91 Å². The van der Waals surface area contributed by atoms with Crippen LogP contribution in [-0.4, -0.2) is 35.0 Å². The summed E-state index contributed by atoms with van der Waals surface area (Å²) < 4.78 is 0. The summed E-state index contributed by atoms with van der Waals surface area (Å²) in [6, 6.07) is 4.07. The summed E-state index contributed by atoms with van der Waals surface area (Å²) in [5.74, 6) is -1.40. The normalized spacial score (nSPS) is 12.0. The molecule has 0 heterocycles. The highest BCUT2D eigenvalue weighted by Gasteiger charge is 2.22. The number of amides is 1. The van der Waals surface area contributed by atoms with Gasteiger partial charge in [0.05, 0.1) is 0 Å². The number of benzene rings is 1. The fourth-order valence-corrected chi connectivity index (χ4v) is 1.69. The summed E-state index contributed by atoms with van der Waals surface area (Å²) in [4.78, 5) is 24.0. The highest BCUT2D eigenvalue weighted by Crippen LogP contribution is 2.16. The highest BCUT2D eigenvalue weighted by molar-refractivity contribution is 6.31. The molecule has 1 aromatic rings. The molecule has 5 heteroatoms. The number of carboxylic acids is 1. The molecule has 0 aromatic heterocycles. The van der Waals surface area contributed by atoms with E-state index in [0.717, 1.165) is 5.56 Å². The molecular weight excluding hydrogens is 242 g/mol. The molecule has 92 valence electrons. The van der Waals surface area contributed by atoms with Gasteiger partial charge in [0.25, 0.3) is 5.91 Å². The fraction of sp³-hybridized carbons (Fsp3) is 0.333. The second kappa shape index (κ2) is 5.19. The first kappa shape index (κ1) is 13.5. The van der Waals surface area contributed by atoms with Gasteiger partial charge in [-0.05, 0) is 37.6 Å². The van der Waals surface area contributed by atoms with Gasteiger partial charge in [-0.15, -0.1) is 0 Å². The monoisotopic (exact) mass is 255 g/mol. The Balaban J connectivity index is 3.00. The zero-order valence-electron chi connectivity index (χ0n) is 9.90. The average molecular weight is 256 g/mol. The minimum atomic E-state index is -1.04. The number of rotatable bonds is 3. The van der Waals surface area contributed by atoms with E-state index in [9.17, 15) is 9.59 Å². The molecule has 1 rings (SSSR count). The minimum absolute atomic E-state index is 0.356. The molecule has 0 radical (unpaired) electrons. The lowest BCUT2D eigenvalue weighted by molar-refractivity contribution is -0.141. The molecule has 0 spiro atoms. The zero-order chi connectivity index (χ0) is 13.2. The molecule has 1 amide bonds. The van der Waals surface area contributed by atoms with E-state index in [0.29, 0.717) is 10.6 Å². The topological polar surface area (TPSA) is 57.6 Å². The third-order valence-electron chi connectivity index (χ3n) is 2.55. The number of carboxylic acid groups (broad SMARTS) is 1. The predicted octanol–water partition coefficient (Wildman–Crippen LogP) is 2.19. The maximum Gasteiger partial charge on any atom is 0.326 e. The number of aryl methyl sites for hydroxylation is 1. The summed E-state index contributed by atoms with van der Waals surface area (Å²) in [5.41, 5.74) is 1.25. The van der Waals surface area contributed by atoms with Gasteiger partial charge in [-0.2, -0.15) is 0 Å². The largest absolute Gasteiger partial charge is 0.480 e. The molecule has 0 fully saturated rings. The van der Waals surface area contributed by atoms with Gasteiger partial charge < -0.3 is 10.0 Å². The lowest BCUT2D eigenvalue weighted by Gasteiger charge is -2.21. The molecule has 1 aromatic carbocycles. The zero-order valence-corrected chi connectivity index (χ0v) is 10.7. The number of hydrogen-bond donors (Lipinski definition) is 1. The van der Waals surface area contributed by atoms with Crippen LogP contribution in [0.1, 0.15) is 22.8 Å². The molecule has 0 bridgehead atoms. The Bertz CT molecular complexity index is 439. The van der Waals surface area contributed by atoms with Crippen molar-refractivity contribution < 1.29 is 14.7 Å². The summed E-state index contributed by atoms with van der Waals surface area (Å²) >= 11 is 5.85. The van der Waals surface area contributed by atoms with Crippen molar-refractivity contribution in [1.29, 1.82) is 0 Å². The predicted molar refractivity (Wildman–Crippen MR) is 65.4 cm³/mol. The Labute approximate surface area is 105 Å². The number of nitrogens with zero attached hydrogens (tertiary/aromatic N) is 1. The standard InChI is InChI=1S/C12H14ClNO3/c1-7-4-9(6-10(13)5-7)11(15)14(3)8(2)12(16)17/h4-6,8H,1-3H3,(H,16,17). The van der Waals surface area contributed by atoms with E-state index in [1.54, 1.807) is 12.1 Å². The van der Waals surface area contributed by atoms with Crippen molar-refractivity contribution in [3.63, 3.8) is 0 Å². The molecule has 17 heavy (non-hydrogen) atoms. The maximum absolute atomic E-state index is 12.0. The molecule has 1 unspecified atom stereocenters. The van der Waals surface area contributed by atoms with Crippen molar-refractivity contribution in [2.45, 2.75) is 19.9 Å². The van der Waals surface area contributed by atoms with Crippen LogP contribution in [0.2, 0.25) is 5.02 Å². The van der Waals surface area contributed by atoms with E-state index < -0.39 is 12.0 Å². The molecule has 0 saturated heterocycles. The van der Waals surface area contributed by atoms with Gasteiger partial charge >= 0.3 is 5.97 Å². The van der Waals surface area contributed by atoms with Crippen LogP contribution in [0.15, 0.2) is 18.2 Å². The van der Waals surface area contributed by atoms with Crippen LogP contribution in [0.4, 0.5) is 0 Å². The first-order chi connectivity index (χ1) is 7.82. The van der Waals surface area contributed by atoms with E-state index in [1.165, 1.54) is 24.9 Å². The number of carbonyl (C=O) groups excluding carboxylic acids is 1. The van der Waals surface area contributed by atoms with Crippen LogP contribution < -0.4 is 0 Å². The maximum atomic E-state index is 12.0. The Morgan fingerprint density at radius 2 is 1.94 bits per heavy atom. The molecule has 1 N–H and O–H groups in total. The Kier molecular flexibility index (Phi) is 4.12.